The fraction of sp³-hybridized carbons (Fsp3) is 0.0909. The van der Waals surface area contributed by atoms with Gasteiger partial charge in [-0.1, -0.05) is 91.0 Å². The molecule has 0 saturated heterocycles. The van der Waals surface area contributed by atoms with E-state index in [4.69, 9.17) is 5.73 Å². The summed E-state index contributed by atoms with van der Waals surface area (Å²) >= 11 is 0. The topological polar surface area (TPSA) is 30.9 Å². The van der Waals surface area contributed by atoms with Gasteiger partial charge in [-0.25, -0.2) is 0 Å². The summed E-state index contributed by atoms with van der Waals surface area (Å²) in [6.45, 7) is 0.572. The highest BCUT2D eigenvalue weighted by Gasteiger charge is 2.26. The Bertz CT molecular complexity index is 1700. The van der Waals surface area contributed by atoms with Crippen molar-refractivity contribution in [1.29, 1.82) is 0 Å². The predicted octanol–water partition coefficient (Wildman–Crippen LogP) is 7.68. The van der Waals surface area contributed by atoms with E-state index in [1.807, 2.05) is 0 Å². The summed E-state index contributed by atoms with van der Waals surface area (Å²) in [5, 5.41) is 3.99. The van der Waals surface area contributed by atoms with Gasteiger partial charge in [0.1, 0.15) is 0 Å². The number of hydrogen-bond donors (Lipinski definition) is 1. The van der Waals surface area contributed by atoms with Gasteiger partial charge in [0.05, 0.1) is 5.52 Å². The zero-order chi connectivity index (χ0) is 23.4. The number of benzene rings is 5. The zero-order valence-corrected chi connectivity index (χ0v) is 19.5. The highest BCUT2D eigenvalue weighted by molar-refractivity contribution is 6.16. The maximum absolute atomic E-state index is 5.78. The molecule has 0 atom stereocenters. The van der Waals surface area contributed by atoms with E-state index in [-0.39, 0.29) is 0 Å². The number of nitrogens with two attached hydrogens (primary N) is 1. The van der Waals surface area contributed by atoms with Crippen molar-refractivity contribution in [1.82, 2.24) is 4.57 Å². The van der Waals surface area contributed by atoms with Gasteiger partial charge in [0.15, 0.2) is 0 Å². The summed E-state index contributed by atoms with van der Waals surface area (Å²) in [6, 6.07) is 39.8. The first-order valence-electron chi connectivity index (χ1n) is 12.3. The molecule has 5 aromatic carbocycles. The second-order valence-electron chi connectivity index (χ2n) is 9.44. The molecule has 0 aliphatic heterocycles. The van der Waals surface area contributed by atoms with Crippen LogP contribution in [0.25, 0.3) is 49.6 Å². The van der Waals surface area contributed by atoms with Gasteiger partial charge >= 0.3 is 0 Å². The molecule has 1 aliphatic carbocycles. The van der Waals surface area contributed by atoms with Crippen LogP contribution in [-0.4, -0.2) is 4.57 Å². The smallest absolute Gasteiger partial charge is 0.0544 e. The second-order valence-corrected chi connectivity index (χ2v) is 9.44. The molecule has 0 unspecified atom stereocenters. The minimum Gasteiger partial charge on any atom is -0.326 e. The average molecular weight is 451 g/mol. The predicted molar refractivity (Wildman–Crippen MR) is 147 cm³/mol. The number of fused-ring (bicyclic) bond motifs is 7. The Labute approximate surface area is 205 Å². The summed E-state index contributed by atoms with van der Waals surface area (Å²) in [4.78, 5) is 0. The second kappa shape index (κ2) is 7.97. The quantitative estimate of drug-likeness (QED) is 0.295. The molecule has 6 aromatic rings. The average Bonchev–Trinajstić information content (AvgIpc) is 3.28. The number of rotatable bonds is 3. The lowest BCUT2D eigenvalue weighted by Gasteiger charge is -2.19. The van der Waals surface area contributed by atoms with Crippen LogP contribution in [0.3, 0.4) is 0 Å². The van der Waals surface area contributed by atoms with Gasteiger partial charge in [0.2, 0.25) is 0 Å². The van der Waals surface area contributed by atoms with Crippen LogP contribution in [0, 0.1) is 0 Å². The molecule has 2 heteroatoms. The zero-order valence-electron chi connectivity index (χ0n) is 19.5. The van der Waals surface area contributed by atoms with Gasteiger partial charge < -0.3 is 10.3 Å². The van der Waals surface area contributed by atoms with Gasteiger partial charge in [0.25, 0.3) is 0 Å². The van der Waals surface area contributed by atoms with E-state index in [1.165, 1.54) is 60.9 Å². The van der Waals surface area contributed by atoms with Crippen molar-refractivity contribution in [3.63, 3.8) is 0 Å². The van der Waals surface area contributed by atoms with E-state index in [0.29, 0.717) is 6.54 Å². The molecule has 1 aliphatic rings. The number of nitrogens with zero attached hydrogens (tertiary/aromatic N) is 1. The molecule has 35 heavy (non-hydrogen) atoms. The third-order valence-electron chi connectivity index (χ3n) is 7.52. The highest BCUT2D eigenvalue weighted by atomic mass is 15.0. The SMILES string of the molecule is NCc1ccc(-c2ccc(-n3c4c(c5c6ccccc6ccc53)-c3ccccc3CC4)cc2)cc1. The summed E-state index contributed by atoms with van der Waals surface area (Å²) < 4.78 is 2.49. The molecule has 168 valence electrons. The molecule has 1 heterocycles. The Morgan fingerprint density at radius 1 is 0.657 bits per heavy atom. The molecular formula is C33H26N2. The standard InChI is InChI=1S/C33H26N2/c34-21-22-9-11-23(12-10-22)24-13-17-27(18-14-24)35-30-19-15-25-5-1-3-7-28(25)32(30)33-29-8-4-2-6-26(29)16-20-31(33)35/h1-15,17-19H,16,20-21,34H2. The van der Waals surface area contributed by atoms with Crippen LogP contribution in [0.2, 0.25) is 0 Å². The van der Waals surface area contributed by atoms with Crippen LogP contribution < -0.4 is 5.73 Å². The van der Waals surface area contributed by atoms with E-state index < -0.39 is 0 Å². The van der Waals surface area contributed by atoms with Crippen LogP contribution in [0.15, 0.2) is 109 Å². The maximum Gasteiger partial charge on any atom is 0.0544 e. The Morgan fingerprint density at radius 2 is 1.37 bits per heavy atom. The van der Waals surface area contributed by atoms with Crippen LogP contribution in [-0.2, 0) is 19.4 Å². The third-order valence-corrected chi connectivity index (χ3v) is 7.52. The van der Waals surface area contributed by atoms with Crippen LogP contribution >= 0.6 is 0 Å². The molecule has 2 N–H and O–H groups in total. The first-order chi connectivity index (χ1) is 17.3. The third kappa shape index (κ3) is 3.14. The fourth-order valence-corrected chi connectivity index (χ4v) is 5.80. The first-order valence-corrected chi connectivity index (χ1v) is 12.3. The van der Waals surface area contributed by atoms with E-state index in [1.54, 1.807) is 0 Å². The highest BCUT2D eigenvalue weighted by Crippen LogP contribution is 2.45. The largest absolute Gasteiger partial charge is 0.326 e. The monoisotopic (exact) mass is 450 g/mol. The first kappa shape index (κ1) is 20.3. The number of aromatic nitrogens is 1. The Hall–Kier alpha value is -4.14. The molecule has 0 saturated carbocycles. The Kier molecular flexibility index (Phi) is 4.61. The lowest BCUT2D eigenvalue weighted by molar-refractivity contribution is 0.866. The summed E-state index contributed by atoms with van der Waals surface area (Å²) in [5.41, 5.74) is 17.5. The van der Waals surface area contributed by atoms with E-state index in [0.717, 1.165) is 18.4 Å². The maximum atomic E-state index is 5.78. The van der Waals surface area contributed by atoms with E-state index in [9.17, 15) is 0 Å². The summed E-state index contributed by atoms with van der Waals surface area (Å²) in [6.07, 6.45) is 2.11. The summed E-state index contributed by atoms with van der Waals surface area (Å²) in [7, 11) is 0. The van der Waals surface area contributed by atoms with E-state index >= 15 is 0 Å². The normalized spacial score (nSPS) is 12.6. The fourth-order valence-electron chi connectivity index (χ4n) is 5.80. The van der Waals surface area contributed by atoms with Crippen molar-refractivity contribution in [3.05, 3.63) is 126 Å². The van der Waals surface area contributed by atoms with Gasteiger partial charge in [0, 0.05) is 28.9 Å². The van der Waals surface area contributed by atoms with Crippen molar-refractivity contribution in [2.24, 2.45) is 5.73 Å². The Balaban J connectivity index is 1.46. The lowest BCUT2D eigenvalue weighted by Crippen LogP contribution is -2.08. The Morgan fingerprint density at radius 3 is 2.17 bits per heavy atom. The lowest BCUT2D eigenvalue weighted by atomic mass is 9.87. The molecule has 0 radical (unpaired) electrons. The molecule has 0 fully saturated rings. The molecule has 0 bridgehead atoms. The van der Waals surface area contributed by atoms with Crippen LogP contribution in [0.1, 0.15) is 16.8 Å². The van der Waals surface area contributed by atoms with Crippen LogP contribution in [0.4, 0.5) is 0 Å². The van der Waals surface area contributed by atoms with Crippen molar-refractivity contribution in [3.8, 4) is 27.9 Å². The number of aryl methyl sites for hydroxylation is 1. The van der Waals surface area contributed by atoms with Gasteiger partial charge in [-0.05, 0) is 69.6 Å². The van der Waals surface area contributed by atoms with Crippen molar-refractivity contribution >= 4 is 21.7 Å². The minimum absolute atomic E-state index is 0.572. The van der Waals surface area contributed by atoms with Crippen molar-refractivity contribution < 1.29 is 0 Å². The van der Waals surface area contributed by atoms with Crippen LogP contribution in [0.5, 0.6) is 0 Å². The van der Waals surface area contributed by atoms with Gasteiger partial charge in [-0.2, -0.15) is 0 Å². The van der Waals surface area contributed by atoms with E-state index in [2.05, 4.69) is 114 Å². The van der Waals surface area contributed by atoms with Crippen molar-refractivity contribution in [2.75, 3.05) is 0 Å². The molecule has 0 amide bonds. The summed E-state index contributed by atoms with van der Waals surface area (Å²) in [5.74, 6) is 0. The molecule has 7 rings (SSSR count). The molecule has 1 aromatic heterocycles. The molecular weight excluding hydrogens is 424 g/mol. The van der Waals surface area contributed by atoms with Crippen molar-refractivity contribution in [2.45, 2.75) is 19.4 Å². The molecule has 2 nitrogen and oxygen atoms in total. The molecule has 0 spiro atoms. The van der Waals surface area contributed by atoms with Gasteiger partial charge in [-0.15, -0.1) is 0 Å². The number of hydrogen-bond acceptors (Lipinski definition) is 1. The van der Waals surface area contributed by atoms with Gasteiger partial charge in [-0.3, -0.25) is 0 Å². The minimum atomic E-state index is 0.572.